The van der Waals surface area contributed by atoms with Gasteiger partial charge in [-0.25, -0.2) is 9.18 Å². The average Bonchev–Trinajstić information content (AvgIpc) is 2.89. The number of rotatable bonds is 16. The Morgan fingerprint density at radius 2 is 1.45 bits per heavy atom. The molecule has 1 heterocycles. The van der Waals surface area contributed by atoms with Gasteiger partial charge in [0.2, 0.25) is 0 Å². The lowest BCUT2D eigenvalue weighted by atomic mass is 9.84. The van der Waals surface area contributed by atoms with Crippen LogP contribution in [0.3, 0.4) is 0 Å². The maximum absolute atomic E-state index is 13.4. The summed E-state index contributed by atoms with van der Waals surface area (Å²) >= 11 is 0. The van der Waals surface area contributed by atoms with Crippen LogP contribution in [0.15, 0.2) is 48.5 Å². The quantitative estimate of drug-likeness (QED) is 0.0912. The van der Waals surface area contributed by atoms with Crippen LogP contribution < -0.4 is 14.2 Å². The van der Waals surface area contributed by atoms with E-state index >= 15 is 0 Å². The molecule has 2 aromatic carbocycles. The van der Waals surface area contributed by atoms with Crippen molar-refractivity contribution in [3.63, 3.8) is 0 Å². The van der Waals surface area contributed by atoms with Gasteiger partial charge < -0.3 is 23.7 Å². The molecule has 1 saturated heterocycles. The van der Waals surface area contributed by atoms with Crippen LogP contribution in [0.2, 0.25) is 0 Å². The molecule has 1 aliphatic heterocycles. The second-order valence-corrected chi connectivity index (χ2v) is 9.61. The standard InChI is InChI=1S/C28H32F6O6/c1-2-26(18-37-19-26)17-36-15-5-3-4-6-16-38-21-9-7-20(8-10-21)24(35)39-22-11-13-23(14-12-22)40-28(33,34)25(29)27(30,31)32/h7-14,25H,2-6,15-19H2,1H3. The first-order valence-electron chi connectivity index (χ1n) is 12.9. The van der Waals surface area contributed by atoms with Crippen molar-refractivity contribution in [3.8, 4) is 17.2 Å². The van der Waals surface area contributed by atoms with Crippen LogP contribution in [0, 0.1) is 5.41 Å². The Balaban J connectivity index is 1.32. The molecule has 0 bridgehead atoms. The maximum atomic E-state index is 13.4. The number of esters is 1. The molecule has 1 fully saturated rings. The number of halogens is 6. The van der Waals surface area contributed by atoms with Crippen molar-refractivity contribution in [1.29, 1.82) is 0 Å². The van der Waals surface area contributed by atoms with Crippen molar-refractivity contribution >= 4 is 5.97 Å². The SMILES string of the molecule is CCC1(COCCCCCCOc2ccc(C(=O)Oc3ccc(OC(F)(F)C(F)C(F)(F)F)cc3)cc2)COC1. The summed E-state index contributed by atoms with van der Waals surface area (Å²) in [5, 5.41) is 0. The third-order valence-corrected chi connectivity index (χ3v) is 6.39. The fraction of sp³-hybridized carbons (Fsp3) is 0.536. The van der Waals surface area contributed by atoms with Gasteiger partial charge in [0.15, 0.2) is 0 Å². The Morgan fingerprint density at radius 3 is 2.00 bits per heavy atom. The molecular formula is C28H32F6O6. The molecule has 6 nitrogen and oxygen atoms in total. The van der Waals surface area contributed by atoms with E-state index in [2.05, 4.69) is 11.7 Å². The molecule has 40 heavy (non-hydrogen) atoms. The van der Waals surface area contributed by atoms with Crippen LogP contribution in [-0.2, 0) is 9.47 Å². The van der Waals surface area contributed by atoms with E-state index in [1.807, 2.05) is 0 Å². The van der Waals surface area contributed by atoms with Gasteiger partial charge in [0.25, 0.3) is 6.17 Å². The lowest BCUT2D eigenvalue weighted by molar-refractivity contribution is -0.305. The summed E-state index contributed by atoms with van der Waals surface area (Å²) in [5.41, 5.74) is 0.389. The van der Waals surface area contributed by atoms with Crippen molar-refractivity contribution < 1.29 is 54.8 Å². The van der Waals surface area contributed by atoms with Gasteiger partial charge in [0, 0.05) is 12.0 Å². The van der Waals surface area contributed by atoms with Crippen molar-refractivity contribution in [2.24, 2.45) is 5.41 Å². The Bertz CT molecular complexity index is 1050. The molecule has 0 aliphatic carbocycles. The molecule has 0 spiro atoms. The van der Waals surface area contributed by atoms with Gasteiger partial charge >= 0.3 is 18.3 Å². The van der Waals surface area contributed by atoms with Crippen molar-refractivity contribution in [1.82, 2.24) is 0 Å². The predicted molar refractivity (Wildman–Crippen MR) is 133 cm³/mol. The zero-order chi connectivity index (χ0) is 29.2. The fourth-order valence-electron chi connectivity index (χ4n) is 3.75. The maximum Gasteiger partial charge on any atom is 0.439 e. The van der Waals surface area contributed by atoms with Gasteiger partial charge in [-0.15, -0.1) is 0 Å². The monoisotopic (exact) mass is 578 g/mol. The van der Waals surface area contributed by atoms with Gasteiger partial charge in [-0.2, -0.15) is 22.0 Å². The number of ether oxygens (including phenoxy) is 5. The zero-order valence-corrected chi connectivity index (χ0v) is 22.0. The molecule has 2 aromatic rings. The van der Waals surface area contributed by atoms with Crippen molar-refractivity contribution in [3.05, 3.63) is 54.1 Å². The number of unbranched alkanes of at least 4 members (excludes halogenated alkanes) is 3. The van der Waals surface area contributed by atoms with Crippen LogP contribution in [0.5, 0.6) is 17.2 Å². The van der Waals surface area contributed by atoms with E-state index in [0.717, 1.165) is 82.8 Å². The van der Waals surface area contributed by atoms with Gasteiger partial charge in [-0.3, -0.25) is 0 Å². The molecule has 0 aromatic heterocycles. The van der Waals surface area contributed by atoms with E-state index in [0.29, 0.717) is 12.4 Å². The second-order valence-electron chi connectivity index (χ2n) is 9.61. The molecule has 0 amide bonds. The number of carbonyl (C=O) groups is 1. The normalized spacial score (nSPS) is 15.7. The molecule has 0 N–H and O–H groups in total. The first-order valence-corrected chi connectivity index (χ1v) is 12.9. The highest BCUT2D eigenvalue weighted by molar-refractivity contribution is 5.91. The number of alkyl halides is 6. The summed E-state index contributed by atoms with van der Waals surface area (Å²) in [5.74, 6) is -1.01. The van der Waals surface area contributed by atoms with E-state index in [1.54, 1.807) is 12.1 Å². The Morgan fingerprint density at radius 1 is 0.875 bits per heavy atom. The molecule has 222 valence electrons. The summed E-state index contributed by atoms with van der Waals surface area (Å²) in [6, 6.07) is 9.89. The van der Waals surface area contributed by atoms with Gasteiger partial charge in [-0.05, 0) is 74.2 Å². The molecule has 1 aliphatic rings. The number of hydrogen-bond acceptors (Lipinski definition) is 6. The first kappa shape index (κ1) is 31.5. The molecule has 12 heteroatoms. The molecule has 1 atom stereocenters. The lowest BCUT2D eigenvalue weighted by Gasteiger charge is -2.40. The van der Waals surface area contributed by atoms with Gasteiger partial charge in [-0.1, -0.05) is 13.3 Å². The Hall–Kier alpha value is -2.99. The van der Waals surface area contributed by atoms with E-state index in [1.165, 1.54) is 12.1 Å². The summed E-state index contributed by atoms with van der Waals surface area (Å²) in [6.07, 6.45) is -10.5. The third-order valence-electron chi connectivity index (χ3n) is 6.39. The highest BCUT2D eigenvalue weighted by Gasteiger charge is 2.59. The van der Waals surface area contributed by atoms with E-state index in [4.69, 9.17) is 18.9 Å². The van der Waals surface area contributed by atoms with Crippen molar-refractivity contribution in [2.45, 2.75) is 57.5 Å². The Labute approximate surface area is 228 Å². The Kier molecular flexibility index (Phi) is 11.1. The molecule has 1 unspecified atom stereocenters. The van der Waals surface area contributed by atoms with Crippen LogP contribution in [0.4, 0.5) is 26.3 Å². The van der Waals surface area contributed by atoms with Gasteiger partial charge in [0.1, 0.15) is 17.2 Å². The highest BCUT2D eigenvalue weighted by atomic mass is 19.4. The summed E-state index contributed by atoms with van der Waals surface area (Å²) in [4.78, 5) is 12.3. The highest BCUT2D eigenvalue weighted by Crippen LogP contribution is 2.37. The number of hydrogen-bond donors (Lipinski definition) is 0. The van der Waals surface area contributed by atoms with Gasteiger partial charge in [0.05, 0.1) is 32.0 Å². The minimum Gasteiger partial charge on any atom is -0.494 e. The average molecular weight is 579 g/mol. The van der Waals surface area contributed by atoms with Crippen molar-refractivity contribution in [2.75, 3.05) is 33.0 Å². The second kappa shape index (κ2) is 14.1. The van der Waals surface area contributed by atoms with E-state index in [9.17, 15) is 31.1 Å². The summed E-state index contributed by atoms with van der Waals surface area (Å²) < 4.78 is 102. The molecule has 0 saturated carbocycles. The predicted octanol–water partition coefficient (Wildman–Crippen LogP) is 7.16. The number of benzene rings is 2. The van der Waals surface area contributed by atoms with Crippen LogP contribution in [0.1, 0.15) is 49.4 Å². The minimum atomic E-state index is -5.79. The minimum absolute atomic E-state index is 0.0825. The molecule has 0 radical (unpaired) electrons. The smallest absolute Gasteiger partial charge is 0.439 e. The summed E-state index contributed by atoms with van der Waals surface area (Å²) in [6.45, 7) is 5.70. The molecular weight excluding hydrogens is 546 g/mol. The lowest BCUT2D eigenvalue weighted by Crippen LogP contribution is -2.45. The van der Waals surface area contributed by atoms with Crippen LogP contribution >= 0.6 is 0 Å². The van der Waals surface area contributed by atoms with Crippen LogP contribution in [-0.4, -0.2) is 57.5 Å². The number of carbonyl (C=O) groups excluding carboxylic acids is 1. The first-order chi connectivity index (χ1) is 18.9. The third kappa shape index (κ3) is 9.29. The fourth-order valence-corrected chi connectivity index (χ4v) is 3.75. The largest absolute Gasteiger partial charge is 0.494 e. The summed E-state index contributed by atoms with van der Waals surface area (Å²) in [7, 11) is 0. The van der Waals surface area contributed by atoms with E-state index < -0.39 is 30.2 Å². The van der Waals surface area contributed by atoms with Crippen LogP contribution in [0.25, 0.3) is 0 Å². The molecule has 3 rings (SSSR count). The topological polar surface area (TPSA) is 63.2 Å². The zero-order valence-electron chi connectivity index (χ0n) is 22.0. The van der Waals surface area contributed by atoms with E-state index in [-0.39, 0.29) is 16.7 Å².